The van der Waals surface area contributed by atoms with Crippen LogP contribution in [0.15, 0.2) is 11.3 Å². The van der Waals surface area contributed by atoms with Gasteiger partial charge in [-0.05, 0) is 18.8 Å². The van der Waals surface area contributed by atoms with Crippen molar-refractivity contribution in [2.24, 2.45) is 17.8 Å². The van der Waals surface area contributed by atoms with E-state index in [4.69, 9.17) is 4.74 Å². The molecule has 1 fully saturated rings. The Labute approximate surface area is 176 Å². The monoisotopic (exact) mass is 408 g/mol. The number of hydrogen-bond donors (Lipinski definition) is 1. The van der Waals surface area contributed by atoms with Gasteiger partial charge in [-0.1, -0.05) is 79.6 Å². The van der Waals surface area contributed by atoms with Gasteiger partial charge in [0.15, 0.2) is 11.9 Å². The highest BCUT2D eigenvalue weighted by Crippen LogP contribution is 2.34. The van der Waals surface area contributed by atoms with Gasteiger partial charge in [-0.3, -0.25) is 14.4 Å². The van der Waals surface area contributed by atoms with E-state index in [9.17, 15) is 19.5 Å². The fourth-order valence-electron chi connectivity index (χ4n) is 3.67. The number of esters is 1. The highest BCUT2D eigenvalue weighted by Gasteiger charge is 2.49. The Morgan fingerprint density at radius 1 is 0.966 bits per heavy atom. The molecule has 1 rings (SSSR count). The van der Waals surface area contributed by atoms with E-state index in [-0.39, 0.29) is 29.5 Å². The van der Waals surface area contributed by atoms with E-state index in [0.717, 1.165) is 25.7 Å². The fourth-order valence-corrected chi connectivity index (χ4v) is 3.67. The lowest BCUT2D eigenvalue weighted by molar-refractivity contribution is -0.156. The van der Waals surface area contributed by atoms with Crippen LogP contribution in [0.25, 0.3) is 0 Å². The molecule has 2 atom stereocenters. The standard InChI is InChI=1S/C24H40O5/c1-6-7-8-9-10-11-12-13-19(25)29-24-18(15-14-16(2)3)22(27)20(23(24)28)21(26)17(4)5/h16-18,24,26H,6-15H2,1-5H3. The highest BCUT2D eigenvalue weighted by atomic mass is 16.5. The van der Waals surface area contributed by atoms with Crippen molar-refractivity contribution in [2.45, 2.75) is 105 Å². The van der Waals surface area contributed by atoms with Crippen molar-refractivity contribution in [1.29, 1.82) is 0 Å². The van der Waals surface area contributed by atoms with Crippen molar-refractivity contribution in [1.82, 2.24) is 0 Å². The van der Waals surface area contributed by atoms with Crippen molar-refractivity contribution < 1.29 is 24.2 Å². The minimum absolute atomic E-state index is 0.164. The number of unbranched alkanes of at least 4 members (excludes halogenated alkanes) is 6. The quantitative estimate of drug-likeness (QED) is 0.139. The van der Waals surface area contributed by atoms with Gasteiger partial charge in [0.2, 0.25) is 5.78 Å². The summed E-state index contributed by atoms with van der Waals surface area (Å²) >= 11 is 0. The van der Waals surface area contributed by atoms with Crippen LogP contribution < -0.4 is 0 Å². The molecule has 1 aliphatic carbocycles. The molecule has 29 heavy (non-hydrogen) atoms. The number of carbonyl (C=O) groups is 3. The number of aliphatic hydroxyl groups is 1. The first-order chi connectivity index (χ1) is 13.7. The van der Waals surface area contributed by atoms with E-state index in [1.165, 1.54) is 25.7 Å². The molecule has 0 aliphatic heterocycles. The molecule has 1 N–H and O–H groups in total. The highest BCUT2D eigenvalue weighted by molar-refractivity contribution is 6.29. The lowest BCUT2D eigenvalue weighted by Crippen LogP contribution is -2.30. The van der Waals surface area contributed by atoms with Crippen LogP contribution in [0, 0.1) is 17.8 Å². The molecule has 0 aromatic carbocycles. The molecule has 0 aromatic rings. The minimum atomic E-state index is -1.09. The molecule has 2 unspecified atom stereocenters. The average Bonchev–Trinajstić information content (AvgIpc) is 2.88. The molecule has 5 heteroatoms. The lowest BCUT2D eigenvalue weighted by atomic mass is 9.93. The number of carbonyl (C=O) groups excluding carboxylic acids is 3. The predicted octanol–water partition coefficient (Wildman–Crippen LogP) is 5.71. The van der Waals surface area contributed by atoms with Crippen LogP contribution >= 0.6 is 0 Å². The van der Waals surface area contributed by atoms with Crippen LogP contribution in [0.4, 0.5) is 0 Å². The molecule has 1 saturated carbocycles. The van der Waals surface area contributed by atoms with Gasteiger partial charge in [0, 0.05) is 12.3 Å². The topological polar surface area (TPSA) is 80.7 Å². The van der Waals surface area contributed by atoms with Crippen LogP contribution in [-0.4, -0.2) is 28.7 Å². The van der Waals surface area contributed by atoms with Gasteiger partial charge in [-0.25, -0.2) is 0 Å². The maximum absolute atomic E-state index is 12.8. The van der Waals surface area contributed by atoms with E-state index < -0.39 is 23.8 Å². The van der Waals surface area contributed by atoms with Gasteiger partial charge in [0.25, 0.3) is 0 Å². The Morgan fingerprint density at radius 2 is 1.55 bits per heavy atom. The first-order valence-electron chi connectivity index (χ1n) is 11.4. The minimum Gasteiger partial charge on any atom is -0.511 e. The maximum atomic E-state index is 12.8. The molecule has 166 valence electrons. The average molecular weight is 409 g/mol. The zero-order valence-electron chi connectivity index (χ0n) is 19.0. The van der Waals surface area contributed by atoms with E-state index >= 15 is 0 Å². The number of ketones is 2. The zero-order valence-corrected chi connectivity index (χ0v) is 19.0. The van der Waals surface area contributed by atoms with Crippen LogP contribution in [0.5, 0.6) is 0 Å². The number of ether oxygens (including phenoxy) is 1. The van der Waals surface area contributed by atoms with Crippen molar-refractivity contribution in [3.63, 3.8) is 0 Å². The maximum Gasteiger partial charge on any atom is 0.306 e. The zero-order chi connectivity index (χ0) is 22.0. The third-order valence-electron chi connectivity index (χ3n) is 5.55. The molecule has 0 amide bonds. The molecule has 5 nitrogen and oxygen atoms in total. The summed E-state index contributed by atoms with van der Waals surface area (Å²) in [6, 6.07) is 0. The van der Waals surface area contributed by atoms with Crippen molar-refractivity contribution in [2.75, 3.05) is 0 Å². The second-order valence-corrected chi connectivity index (χ2v) is 9.00. The normalized spacial score (nSPS) is 21.3. The van der Waals surface area contributed by atoms with Gasteiger partial charge in [-0.15, -0.1) is 0 Å². The summed E-state index contributed by atoms with van der Waals surface area (Å²) in [5.41, 5.74) is -0.164. The Bertz CT molecular complexity index is 588. The van der Waals surface area contributed by atoms with Gasteiger partial charge in [0.05, 0.1) is 5.92 Å². The summed E-state index contributed by atoms with van der Waals surface area (Å²) in [5, 5.41) is 10.3. The SMILES string of the molecule is CCCCCCCCCC(=O)OC1C(=O)C(=C(O)C(C)C)C(=O)C1CCC(C)C. The van der Waals surface area contributed by atoms with Crippen LogP contribution in [-0.2, 0) is 19.1 Å². The Hall–Kier alpha value is -1.65. The summed E-state index contributed by atoms with van der Waals surface area (Å²) in [6.45, 7) is 9.73. The molecule has 0 heterocycles. The van der Waals surface area contributed by atoms with Gasteiger partial charge in [0.1, 0.15) is 11.3 Å². The molecule has 0 bridgehead atoms. The first-order valence-corrected chi connectivity index (χ1v) is 11.4. The third kappa shape index (κ3) is 7.94. The smallest absolute Gasteiger partial charge is 0.306 e. The second-order valence-electron chi connectivity index (χ2n) is 9.00. The number of aliphatic hydroxyl groups excluding tert-OH is 1. The molecule has 1 aliphatic rings. The summed E-state index contributed by atoms with van der Waals surface area (Å²) in [4.78, 5) is 38.0. The Kier molecular flexibility index (Phi) is 11.2. The molecule has 0 radical (unpaired) electrons. The van der Waals surface area contributed by atoms with Crippen molar-refractivity contribution in [3.8, 4) is 0 Å². The molecular weight excluding hydrogens is 368 g/mol. The predicted molar refractivity (Wildman–Crippen MR) is 115 cm³/mol. The second kappa shape index (κ2) is 12.8. The number of hydrogen-bond acceptors (Lipinski definition) is 5. The molecular formula is C24H40O5. The van der Waals surface area contributed by atoms with Gasteiger partial charge < -0.3 is 9.84 Å². The van der Waals surface area contributed by atoms with E-state index in [0.29, 0.717) is 12.3 Å². The van der Waals surface area contributed by atoms with Gasteiger partial charge in [-0.2, -0.15) is 0 Å². The van der Waals surface area contributed by atoms with Crippen LogP contribution in [0.2, 0.25) is 0 Å². The summed E-state index contributed by atoms with van der Waals surface area (Å²) in [5.74, 6) is -2.18. The van der Waals surface area contributed by atoms with Crippen LogP contribution in [0.1, 0.15) is 98.8 Å². The molecule has 0 spiro atoms. The van der Waals surface area contributed by atoms with E-state index in [1.807, 2.05) is 13.8 Å². The van der Waals surface area contributed by atoms with Crippen molar-refractivity contribution >= 4 is 17.5 Å². The number of rotatable bonds is 13. The number of Topliss-reactive ketones (excluding diaryl/α,β-unsaturated/α-hetero) is 2. The Morgan fingerprint density at radius 3 is 2.10 bits per heavy atom. The lowest BCUT2D eigenvalue weighted by Gasteiger charge is -2.18. The number of allylic oxidation sites excluding steroid dienone is 1. The van der Waals surface area contributed by atoms with E-state index in [2.05, 4.69) is 6.92 Å². The summed E-state index contributed by atoms with van der Waals surface area (Å²) in [6.07, 6.45) is 8.06. The van der Waals surface area contributed by atoms with Crippen molar-refractivity contribution in [3.05, 3.63) is 11.3 Å². The Balaban J connectivity index is 2.71. The molecule has 0 aromatic heterocycles. The first kappa shape index (κ1) is 25.4. The molecule has 0 saturated heterocycles. The largest absolute Gasteiger partial charge is 0.511 e. The fraction of sp³-hybridized carbons (Fsp3) is 0.792. The van der Waals surface area contributed by atoms with Crippen LogP contribution in [0.3, 0.4) is 0 Å². The van der Waals surface area contributed by atoms with E-state index in [1.54, 1.807) is 13.8 Å². The summed E-state index contributed by atoms with van der Waals surface area (Å²) < 4.78 is 5.49. The third-order valence-corrected chi connectivity index (χ3v) is 5.55. The van der Waals surface area contributed by atoms with Gasteiger partial charge >= 0.3 is 5.97 Å². The summed E-state index contributed by atoms with van der Waals surface area (Å²) in [7, 11) is 0.